The number of carbonyl (C=O) groups is 1. The molecule has 2 heterocycles. The van der Waals surface area contributed by atoms with E-state index in [1.807, 2.05) is 34.6 Å². The standard InChI is InChI=1S/C19H35NO6Se/c1-8-11(2)12(20-17(22)26-18(3,4)5)9-27-10-13-14(21)15-16(23-13)25-19(6,7)24-15/h11-16,21H,8-10H2,1-7H3,(H,20,22)/t11-,12-,13-,14+,15-,16-/m1/s1. The normalized spacial score (nSPS) is 32.0. The third-order valence-corrected chi connectivity index (χ3v) is 7.16. The van der Waals surface area contributed by atoms with Crippen molar-refractivity contribution in [2.45, 2.75) is 108 Å². The molecule has 6 atom stereocenters. The minimum absolute atomic E-state index is 0.0503. The molecule has 0 aliphatic carbocycles. The van der Waals surface area contributed by atoms with E-state index in [-0.39, 0.29) is 33.2 Å². The van der Waals surface area contributed by atoms with E-state index in [0.717, 1.165) is 17.1 Å². The van der Waals surface area contributed by atoms with Crippen molar-refractivity contribution >= 4 is 21.1 Å². The Morgan fingerprint density at radius 2 is 2.00 bits per heavy atom. The molecular weight excluding hydrogens is 417 g/mol. The van der Waals surface area contributed by atoms with Gasteiger partial charge in [-0.3, -0.25) is 0 Å². The van der Waals surface area contributed by atoms with E-state index >= 15 is 0 Å². The van der Waals surface area contributed by atoms with Gasteiger partial charge in [-0.05, 0) is 0 Å². The van der Waals surface area contributed by atoms with Crippen LogP contribution in [-0.4, -0.2) is 68.2 Å². The number of nitrogens with one attached hydrogen (secondary N) is 1. The maximum atomic E-state index is 12.1. The van der Waals surface area contributed by atoms with Crippen LogP contribution in [0.3, 0.4) is 0 Å². The summed E-state index contributed by atoms with van der Waals surface area (Å²) in [5, 5.41) is 15.1. The number of hydrogen-bond donors (Lipinski definition) is 2. The van der Waals surface area contributed by atoms with Gasteiger partial charge in [0, 0.05) is 0 Å². The molecule has 0 spiro atoms. The van der Waals surface area contributed by atoms with Gasteiger partial charge in [0.2, 0.25) is 0 Å². The van der Waals surface area contributed by atoms with Gasteiger partial charge in [-0.2, -0.15) is 0 Å². The number of rotatable bonds is 7. The van der Waals surface area contributed by atoms with E-state index in [4.69, 9.17) is 18.9 Å². The third-order valence-electron chi connectivity index (χ3n) is 4.73. The van der Waals surface area contributed by atoms with Gasteiger partial charge >= 0.3 is 169 Å². The van der Waals surface area contributed by atoms with E-state index < -0.39 is 29.9 Å². The molecule has 0 unspecified atom stereocenters. The molecule has 1 amide bonds. The second-order valence-corrected chi connectivity index (χ2v) is 11.1. The molecule has 27 heavy (non-hydrogen) atoms. The van der Waals surface area contributed by atoms with Crippen LogP contribution in [0, 0.1) is 5.92 Å². The zero-order valence-electron chi connectivity index (χ0n) is 17.5. The number of fused-ring (bicyclic) bond motifs is 1. The van der Waals surface area contributed by atoms with Gasteiger partial charge in [-0.1, -0.05) is 0 Å². The van der Waals surface area contributed by atoms with Gasteiger partial charge < -0.3 is 0 Å². The number of ether oxygens (including phenoxy) is 4. The molecule has 0 aromatic carbocycles. The van der Waals surface area contributed by atoms with Crippen molar-refractivity contribution in [3.05, 3.63) is 0 Å². The van der Waals surface area contributed by atoms with Crippen LogP contribution in [0.4, 0.5) is 4.79 Å². The summed E-state index contributed by atoms with van der Waals surface area (Å²) in [5.41, 5.74) is -0.511. The summed E-state index contributed by atoms with van der Waals surface area (Å²) in [6, 6.07) is 0.0503. The number of carbonyl (C=O) groups excluding carboxylic acids is 1. The molecular formula is C19H35NO6Se. The number of hydrogen-bond acceptors (Lipinski definition) is 6. The Morgan fingerprint density at radius 3 is 2.56 bits per heavy atom. The minimum atomic E-state index is -0.717. The van der Waals surface area contributed by atoms with Crippen molar-refractivity contribution < 1.29 is 28.8 Å². The topological polar surface area (TPSA) is 86.3 Å². The summed E-state index contributed by atoms with van der Waals surface area (Å²) in [6.07, 6.45) is -1.29. The molecule has 0 bridgehead atoms. The summed E-state index contributed by atoms with van der Waals surface area (Å²) >= 11 is 0.197. The van der Waals surface area contributed by atoms with Crippen molar-refractivity contribution in [1.82, 2.24) is 5.32 Å². The van der Waals surface area contributed by atoms with Crippen molar-refractivity contribution in [2.24, 2.45) is 5.92 Å². The molecule has 2 aliphatic rings. The number of aliphatic hydroxyl groups is 1. The summed E-state index contributed by atoms with van der Waals surface area (Å²) < 4.78 is 22.7. The average Bonchev–Trinajstić information content (AvgIpc) is 2.97. The molecule has 7 nitrogen and oxygen atoms in total. The van der Waals surface area contributed by atoms with Crippen LogP contribution in [0.2, 0.25) is 10.6 Å². The van der Waals surface area contributed by atoms with Crippen LogP contribution in [-0.2, 0) is 18.9 Å². The van der Waals surface area contributed by atoms with Gasteiger partial charge in [-0.25, -0.2) is 0 Å². The van der Waals surface area contributed by atoms with E-state index in [0.29, 0.717) is 5.92 Å². The zero-order valence-corrected chi connectivity index (χ0v) is 19.2. The Labute approximate surface area is 169 Å². The van der Waals surface area contributed by atoms with Crippen LogP contribution >= 0.6 is 0 Å². The number of aliphatic hydroxyl groups excluding tert-OH is 1. The fraction of sp³-hybridized carbons (Fsp3) is 0.947. The first-order chi connectivity index (χ1) is 12.4. The summed E-state index contributed by atoms with van der Waals surface area (Å²) in [7, 11) is 0. The Morgan fingerprint density at radius 1 is 1.33 bits per heavy atom. The molecule has 0 aromatic rings. The van der Waals surface area contributed by atoms with Crippen LogP contribution in [0.5, 0.6) is 0 Å². The molecule has 2 rings (SSSR count). The number of alkyl carbamates (subject to hydrolysis) is 1. The second kappa shape index (κ2) is 8.97. The van der Waals surface area contributed by atoms with Crippen molar-refractivity contribution in [3.63, 3.8) is 0 Å². The first kappa shape index (κ1) is 22.9. The summed E-state index contributed by atoms with van der Waals surface area (Å²) in [6.45, 7) is 13.5. The first-order valence-electron chi connectivity index (χ1n) is 9.68. The van der Waals surface area contributed by atoms with Crippen LogP contribution in [0.25, 0.3) is 0 Å². The maximum absolute atomic E-state index is 12.1. The number of amides is 1. The summed E-state index contributed by atoms with van der Waals surface area (Å²) in [4.78, 5) is 12.1. The molecule has 0 saturated carbocycles. The predicted molar refractivity (Wildman–Crippen MR) is 103 cm³/mol. The predicted octanol–water partition coefficient (Wildman–Crippen LogP) is 2.70. The fourth-order valence-corrected chi connectivity index (χ4v) is 5.85. The van der Waals surface area contributed by atoms with E-state index in [2.05, 4.69) is 19.2 Å². The molecule has 2 N–H and O–H groups in total. The van der Waals surface area contributed by atoms with Gasteiger partial charge in [0.15, 0.2) is 0 Å². The molecule has 0 aromatic heterocycles. The van der Waals surface area contributed by atoms with E-state index in [1.54, 1.807) is 0 Å². The molecule has 8 heteroatoms. The Bertz CT molecular complexity index is 509. The molecule has 0 radical (unpaired) electrons. The van der Waals surface area contributed by atoms with Gasteiger partial charge in [-0.15, -0.1) is 0 Å². The van der Waals surface area contributed by atoms with Gasteiger partial charge in [0.05, 0.1) is 0 Å². The van der Waals surface area contributed by atoms with Gasteiger partial charge in [0.25, 0.3) is 0 Å². The third kappa shape index (κ3) is 6.58. The fourth-order valence-electron chi connectivity index (χ4n) is 3.10. The van der Waals surface area contributed by atoms with Gasteiger partial charge in [0.1, 0.15) is 0 Å². The Hall–Kier alpha value is -0.371. The zero-order chi connectivity index (χ0) is 20.4. The second-order valence-electron chi connectivity index (χ2n) is 8.81. The van der Waals surface area contributed by atoms with Crippen molar-refractivity contribution in [3.8, 4) is 0 Å². The first-order valence-corrected chi connectivity index (χ1v) is 12.1. The summed E-state index contributed by atoms with van der Waals surface area (Å²) in [5.74, 6) is -0.369. The molecule has 2 aliphatic heterocycles. The Balaban J connectivity index is 1.81. The molecule has 2 saturated heterocycles. The van der Waals surface area contributed by atoms with E-state index in [1.165, 1.54) is 0 Å². The Kier molecular flexibility index (Phi) is 7.61. The van der Waals surface area contributed by atoms with E-state index in [9.17, 15) is 9.90 Å². The SMILES string of the molecule is CC[C@@H](C)[C@@H](C[Se]C[C@H]1O[C@@H]2OC(C)(C)O[C@@H]2[C@H]1O)NC(=O)OC(C)(C)C. The molecule has 158 valence electrons. The monoisotopic (exact) mass is 453 g/mol. The molecule has 2 fully saturated rings. The van der Waals surface area contributed by atoms with Crippen molar-refractivity contribution in [2.75, 3.05) is 0 Å². The quantitative estimate of drug-likeness (QED) is 0.578. The average molecular weight is 452 g/mol. The van der Waals surface area contributed by atoms with Crippen LogP contribution in [0.15, 0.2) is 0 Å². The van der Waals surface area contributed by atoms with Crippen molar-refractivity contribution in [1.29, 1.82) is 0 Å². The van der Waals surface area contributed by atoms with Crippen LogP contribution < -0.4 is 5.32 Å². The van der Waals surface area contributed by atoms with Crippen LogP contribution in [0.1, 0.15) is 54.9 Å².